The van der Waals surface area contributed by atoms with Crippen LogP contribution in [0.3, 0.4) is 0 Å². The van der Waals surface area contributed by atoms with Crippen LogP contribution < -0.4 is 20.1 Å². The lowest BCUT2D eigenvalue weighted by molar-refractivity contribution is -0.124. The number of hydrogen-bond acceptors (Lipinski definition) is 5. The Morgan fingerprint density at radius 2 is 1.67 bits per heavy atom. The minimum Gasteiger partial charge on any atom is -0.493 e. The Morgan fingerprint density at radius 1 is 0.939 bits per heavy atom. The van der Waals surface area contributed by atoms with Crippen molar-refractivity contribution in [2.45, 2.75) is 33.0 Å². The van der Waals surface area contributed by atoms with Gasteiger partial charge in [0.1, 0.15) is 12.6 Å². The lowest BCUT2D eigenvalue weighted by atomic mass is 10.0. The number of ether oxygens (including phenoxy) is 2. The molecule has 172 valence electrons. The quantitative estimate of drug-likeness (QED) is 0.494. The van der Waals surface area contributed by atoms with E-state index in [1.54, 1.807) is 43.8 Å². The van der Waals surface area contributed by atoms with E-state index in [0.717, 1.165) is 11.1 Å². The van der Waals surface area contributed by atoms with Gasteiger partial charge in [0.15, 0.2) is 11.5 Å². The van der Waals surface area contributed by atoms with Gasteiger partial charge in [0.05, 0.1) is 7.11 Å². The fourth-order valence-corrected chi connectivity index (χ4v) is 3.23. The van der Waals surface area contributed by atoms with E-state index in [2.05, 4.69) is 15.6 Å². The molecule has 7 nitrogen and oxygen atoms in total. The molecule has 1 unspecified atom stereocenters. The zero-order valence-electron chi connectivity index (χ0n) is 19.1. The Kier molecular flexibility index (Phi) is 8.41. The summed E-state index contributed by atoms with van der Waals surface area (Å²) in [5, 5.41) is 5.74. The van der Waals surface area contributed by atoms with Gasteiger partial charge >= 0.3 is 0 Å². The van der Waals surface area contributed by atoms with Crippen LogP contribution in [0, 0.1) is 5.92 Å². The molecule has 2 amide bonds. The summed E-state index contributed by atoms with van der Waals surface area (Å²) in [5.74, 6) is 0.595. The number of rotatable bonds is 10. The predicted octanol–water partition coefficient (Wildman–Crippen LogP) is 3.74. The second-order valence-corrected chi connectivity index (χ2v) is 7.91. The van der Waals surface area contributed by atoms with Crippen LogP contribution in [0.5, 0.6) is 11.5 Å². The summed E-state index contributed by atoms with van der Waals surface area (Å²) in [6.07, 6.45) is 3.43. The van der Waals surface area contributed by atoms with Crippen molar-refractivity contribution in [3.8, 4) is 11.5 Å². The Morgan fingerprint density at radius 3 is 2.33 bits per heavy atom. The average molecular weight is 448 g/mol. The maximum Gasteiger partial charge on any atom is 0.251 e. The van der Waals surface area contributed by atoms with Crippen molar-refractivity contribution in [2.75, 3.05) is 7.11 Å². The van der Waals surface area contributed by atoms with Crippen LogP contribution in [-0.4, -0.2) is 29.9 Å². The summed E-state index contributed by atoms with van der Waals surface area (Å²) < 4.78 is 11.3. The van der Waals surface area contributed by atoms with Crippen molar-refractivity contribution in [1.29, 1.82) is 0 Å². The van der Waals surface area contributed by atoms with Crippen molar-refractivity contribution in [3.63, 3.8) is 0 Å². The van der Waals surface area contributed by atoms with E-state index in [1.165, 1.54) is 0 Å². The number of aromatic nitrogens is 1. The van der Waals surface area contributed by atoms with Gasteiger partial charge in [0.25, 0.3) is 5.91 Å². The molecule has 0 saturated carbocycles. The Labute approximate surface area is 194 Å². The van der Waals surface area contributed by atoms with Crippen LogP contribution in [0.1, 0.15) is 35.3 Å². The number of nitrogens with one attached hydrogen (secondary N) is 2. The third-order valence-corrected chi connectivity index (χ3v) is 5.11. The van der Waals surface area contributed by atoms with Gasteiger partial charge in [-0.25, -0.2) is 0 Å². The van der Waals surface area contributed by atoms with Crippen LogP contribution in [-0.2, 0) is 17.9 Å². The highest BCUT2D eigenvalue weighted by Crippen LogP contribution is 2.28. The third kappa shape index (κ3) is 6.80. The molecule has 2 aromatic carbocycles. The molecule has 2 N–H and O–H groups in total. The third-order valence-electron chi connectivity index (χ3n) is 5.11. The number of carbonyl (C=O) groups is 2. The van der Waals surface area contributed by atoms with Crippen LogP contribution in [0.15, 0.2) is 73.1 Å². The molecule has 0 aliphatic heterocycles. The number of nitrogens with zero attached hydrogens (tertiary/aromatic N) is 1. The first-order valence-electron chi connectivity index (χ1n) is 10.8. The molecule has 1 aromatic heterocycles. The van der Waals surface area contributed by atoms with E-state index in [4.69, 9.17) is 9.47 Å². The molecule has 0 bridgehead atoms. The second-order valence-electron chi connectivity index (χ2n) is 7.91. The van der Waals surface area contributed by atoms with Crippen LogP contribution >= 0.6 is 0 Å². The molecule has 0 aliphatic carbocycles. The molecular weight excluding hydrogens is 418 g/mol. The Balaban J connectivity index is 1.60. The van der Waals surface area contributed by atoms with Crippen molar-refractivity contribution < 1.29 is 19.1 Å². The van der Waals surface area contributed by atoms with Gasteiger partial charge in [-0.3, -0.25) is 14.6 Å². The molecule has 3 aromatic rings. The molecular formula is C26H29N3O4. The molecule has 0 aliphatic rings. The van der Waals surface area contributed by atoms with Gasteiger partial charge < -0.3 is 20.1 Å². The van der Waals surface area contributed by atoms with Crippen LogP contribution in [0.2, 0.25) is 0 Å². The fraction of sp³-hybridized carbons (Fsp3) is 0.269. The SMILES string of the molecule is COc1cc(CNC(=O)C(NC(=O)c2ccccc2)C(C)C)ccc1OCc1ccncc1. The molecule has 0 fully saturated rings. The monoisotopic (exact) mass is 447 g/mol. The van der Waals surface area contributed by atoms with Crippen molar-refractivity contribution in [2.24, 2.45) is 5.92 Å². The highest BCUT2D eigenvalue weighted by Gasteiger charge is 2.24. The van der Waals surface area contributed by atoms with Crippen molar-refractivity contribution >= 4 is 11.8 Å². The summed E-state index contributed by atoms with van der Waals surface area (Å²) in [4.78, 5) is 29.3. The van der Waals surface area contributed by atoms with Gasteiger partial charge in [0.2, 0.25) is 5.91 Å². The molecule has 3 rings (SSSR count). The van der Waals surface area contributed by atoms with Gasteiger partial charge in [-0.2, -0.15) is 0 Å². The average Bonchev–Trinajstić information content (AvgIpc) is 2.85. The normalized spacial score (nSPS) is 11.5. The van der Waals surface area contributed by atoms with Crippen molar-refractivity contribution in [3.05, 3.63) is 89.7 Å². The van der Waals surface area contributed by atoms with E-state index >= 15 is 0 Å². The lowest BCUT2D eigenvalue weighted by Gasteiger charge is -2.22. The van der Waals surface area contributed by atoms with Gasteiger partial charge in [-0.05, 0) is 53.4 Å². The molecule has 7 heteroatoms. The highest BCUT2D eigenvalue weighted by molar-refractivity contribution is 5.97. The van der Waals surface area contributed by atoms with E-state index in [1.807, 2.05) is 50.2 Å². The molecule has 1 atom stereocenters. The predicted molar refractivity (Wildman–Crippen MR) is 126 cm³/mol. The minimum absolute atomic E-state index is 0.0730. The lowest BCUT2D eigenvalue weighted by Crippen LogP contribution is -2.49. The largest absolute Gasteiger partial charge is 0.493 e. The summed E-state index contributed by atoms with van der Waals surface area (Å²) in [7, 11) is 1.57. The molecule has 0 radical (unpaired) electrons. The van der Waals surface area contributed by atoms with Crippen LogP contribution in [0.4, 0.5) is 0 Å². The first-order chi connectivity index (χ1) is 16.0. The summed E-state index contributed by atoms with van der Waals surface area (Å²) >= 11 is 0. The second kappa shape index (κ2) is 11.7. The molecule has 1 heterocycles. The van der Waals surface area contributed by atoms with Crippen molar-refractivity contribution in [1.82, 2.24) is 15.6 Å². The summed E-state index contributed by atoms with van der Waals surface area (Å²) in [5.41, 5.74) is 2.37. The standard InChI is InChI=1S/C26H29N3O4/c1-18(2)24(29-25(30)21-7-5-4-6-8-21)26(31)28-16-20-9-10-22(23(15-20)32-3)33-17-19-11-13-27-14-12-19/h4-15,18,24H,16-17H2,1-3H3,(H,28,31)(H,29,30). The van der Waals surface area contributed by atoms with Gasteiger partial charge in [-0.15, -0.1) is 0 Å². The zero-order chi connectivity index (χ0) is 23.6. The smallest absolute Gasteiger partial charge is 0.251 e. The first kappa shape index (κ1) is 23.8. The molecule has 0 spiro atoms. The van der Waals surface area contributed by atoms with E-state index in [0.29, 0.717) is 30.2 Å². The minimum atomic E-state index is -0.650. The zero-order valence-corrected chi connectivity index (χ0v) is 19.1. The van der Waals surface area contributed by atoms with Gasteiger partial charge in [0, 0.05) is 24.5 Å². The number of methoxy groups -OCH3 is 1. The Hall–Kier alpha value is -3.87. The highest BCUT2D eigenvalue weighted by atomic mass is 16.5. The van der Waals surface area contributed by atoms with E-state index in [-0.39, 0.29) is 17.7 Å². The number of carbonyl (C=O) groups excluding carboxylic acids is 2. The number of hydrogen-bond donors (Lipinski definition) is 2. The summed E-state index contributed by atoms with van der Waals surface area (Å²) in [6, 6.07) is 17.5. The van der Waals surface area contributed by atoms with E-state index in [9.17, 15) is 9.59 Å². The molecule has 33 heavy (non-hydrogen) atoms. The maximum atomic E-state index is 12.8. The van der Waals surface area contributed by atoms with E-state index < -0.39 is 6.04 Å². The first-order valence-corrected chi connectivity index (χ1v) is 10.8. The number of benzene rings is 2. The van der Waals surface area contributed by atoms with Gasteiger partial charge in [-0.1, -0.05) is 38.1 Å². The summed E-state index contributed by atoms with van der Waals surface area (Å²) in [6.45, 7) is 4.48. The number of amides is 2. The topological polar surface area (TPSA) is 89.6 Å². The number of pyridine rings is 1. The van der Waals surface area contributed by atoms with Crippen LogP contribution in [0.25, 0.3) is 0 Å². The fourth-order valence-electron chi connectivity index (χ4n) is 3.23. The Bertz CT molecular complexity index is 1060. The molecule has 0 saturated heterocycles. The maximum absolute atomic E-state index is 12.8.